The van der Waals surface area contributed by atoms with E-state index in [1.165, 1.54) is 0 Å². The second-order valence-corrected chi connectivity index (χ2v) is 4.96. The topological polar surface area (TPSA) is 75.3 Å². The van der Waals surface area contributed by atoms with Crippen molar-refractivity contribution in [3.8, 4) is 0 Å². The summed E-state index contributed by atoms with van der Waals surface area (Å²) in [6.45, 7) is 0. The van der Waals surface area contributed by atoms with E-state index in [1.807, 2.05) is 10.6 Å². The van der Waals surface area contributed by atoms with Crippen LogP contribution in [-0.4, -0.2) is 23.2 Å². The minimum Gasteiger partial charge on any atom is -0.273 e. The van der Waals surface area contributed by atoms with Crippen LogP contribution in [0.25, 0.3) is 0 Å². The molecule has 2 aliphatic rings. The van der Waals surface area contributed by atoms with E-state index in [0.29, 0.717) is 0 Å². The first kappa shape index (κ1) is 12.1. The Kier molecular flexibility index (Phi) is 3.47. The molecule has 92 valence electrons. The van der Waals surface area contributed by atoms with E-state index in [9.17, 15) is 14.4 Å². The molecule has 2 unspecified atom stereocenters. The molecule has 4 amide bonds. The third-order valence-corrected chi connectivity index (χ3v) is 3.39. The van der Waals surface area contributed by atoms with Gasteiger partial charge >= 0.3 is 6.03 Å². The van der Waals surface area contributed by atoms with Gasteiger partial charge in [-0.05, 0) is 25.2 Å². The van der Waals surface area contributed by atoms with Crippen molar-refractivity contribution in [1.29, 1.82) is 0 Å². The maximum atomic E-state index is 11.5. The molecule has 0 bridgehead atoms. The Balaban J connectivity index is 2.12. The van der Waals surface area contributed by atoms with E-state index < -0.39 is 17.8 Å². The molecule has 2 rings (SSSR count). The molecule has 1 aliphatic carbocycles. The third kappa shape index (κ3) is 2.85. The zero-order valence-electron chi connectivity index (χ0n) is 9.16. The zero-order chi connectivity index (χ0) is 12.4. The highest BCUT2D eigenvalue weighted by atomic mass is 35.5. The van der Waals surface area contributed by atoms with Crippen LogP contribution in [0.4, 0.5) is 4.79 Å². The summed E-state index contributed by atoms with van der Waals surface area (Å²) in [5, 5.41) is 4.20. The lowest BCUT2D eigenvalue weighted by Gasteiger charge is -2.24. The fourth-order valence-corrected chi connectivity index (χ4v) is 2.56. The zero-order valence-corrected chi connectivity index (χ0v) is 9.92. The van der Waals surface area contributed by atoms with E-state index in [2.05, 4.69) is 0 Å². The third-order valence-electron chi connectivity index (χ3n) is 3.00. The summed E-state index contributed by atoms with van der Waals surface area (Å²) >= 11 is 6.04. The Morgan fingerprint density at radius 3 is 2.35 bits per heavy atom. The number of carbonyl (C=O) groups is 3. The number of rotatable bonds is 1. The van der Waals surface area contributed by atoms with Crippen molar-refractivity contribution in [2.75, 3.05) is 0 Å². The van der Waals surface area contributed by atoms with Crippen LogP contribution < -0.4 is 10.6 Å². The van der Waals surface area contributed by atoms with Gasteiger partial charge in [0.15, 0.2) is 0 Å². The maximum Gasteiger partial charge on any atom is 0.328 e. The lowest BCUT2D eigenvalue weighted by Crippen LogP contribution is -2.51. The SMILES string of the molecule is O=C1NC(=O)C(=CC2CCCC(Cl)C2)C(=O)N1. The average Bonchev–Trinajstić information content (AvgIpc) is 2.23. The molecule has 1 saturated heterocycles. The molecule has 1 aliphatic heterocycles. The molecule has 6 heteroatoms. The number of imide groups is 2. The summed E-state index contributed by atoms with van der Waals surface area (Å²) in [4.78, 5) is 33.8. The van der Waals surface area contributed by atoms with Gasteiger partial charge in [0.05, 0.1) is 0 Å². The van der Waals surface area contributed by atoms with Crippen LogP contribution in [0, 0.1) is 5.92 Å². The summed E-state index contributed by atoms with van der Waals surface area (Å²) in [5.74, 6) is -1.13. The Hall–Kier alpha value is -1.36. The van der Waals surface area contributed by atoms with Gasteiger partial charge in [-0.15, -0.1) is 11.6 Å². The second-order valence-electron chi connectivity index (χ2n) is 4.34. The molecular weight excluding hydrogens is 244 g/mol. The minimum absolute atomic E-state index is 0.0142. The van der Waals surface area contributed by atoms with Crippen molar-refractivity contribution in [3.63, 3.8) is 0 Å². The van der Waals surface area contributed by atoms with E-state index in [0.717, 1.165) is 25.7 Å². The molecule has 5 nitrogen and oxygen atoms in total. The number of halogens is 1. The van der Waals surface area contributed by atoms with Crippen molar-refractivity contribution in [1.82, 2.24) is 10.6 Å². The predicted molar refractivity (Wildman–Crippen MR) is 61.4 cm³/mol. The molecule has 17 heavy (non-hydrogen) atoms. The second kappa shape index (κ2) is 4.87. The predicted octanol–water partition coefficient (Wildman–Crippen LogP) is 1.08. The van der Waals surface area contributed by atoms with E-state index in [-0.39, 0.29) is 16.9 Å². The lowest BCUT2D eigenvalue weighted by molar-refractivity contribution is -0.124. The van der Waals surface area contributed by atoms with Crippen molar-refractivity contribution in [2.24, 2.45) is 5.92 Å². The fraction of sp³-hybridized carbons (Fsp3) is 0.545. The summed E-state index contributed by atoms with van der Waals surface area (Å²) < 4.78 is 0. The number of urea groups is 1. The summed E-state index contributed by atoms with van der Waals surface area (Å²) in [7, 11) is 0. The monoisotopic (exact) mass is 256 g/mol. The molecule has 2 N–H and O–H groups in total. The van der Waals surface area contributed by atoms with Gasteiger partial charge in [0.25, 0.3) is 11.8 Å². The van der Waals surface area contributed by atoms with Crippen LogP contribution in [0.15, 0.2) is 11.6 Å². The first-order valence-electron chi connectivity index (χ1n) is 5.59. The van der Waals surface area contributed by atoms with Gasteiger partial charge in [0.1, 0.15) is 5.57 Å². The van der Waals surface area contributed by atoms with Crippen molar-refractivity contribution in [2.45, 2.75) is 31.1 Å². The molecule has 0 aromatic carbocycles. The van der Waals surface area contributed by atoms with Crippen LogP contribution in [0.3, 0.4) is 0 Å². The summed E-state index contributed by atoms with van der Waals surface area (Å²) in [5.41, 5.74) is 0.0142. The molecule has 0 aromatic heterocycles. The molecule has 2 atom stereocenters. The van der Waals surface area contributed by atoms with Gasteiger partial charge < -0.3 is 0 Å². The number of alkyl halides is 1. The normalized spacial score (nSPS) is 29.7. The van der Waals surface area contributed by atoms with Gasteiger partial charge in [-0.25, -0.2) is 4.79 Å². The number of nitrogens with one attached hydrogen (secondary N) is 2. The summed E-state index contributed by atoms with van der Waals surface area (Å²) in [6.07, 6.45) is 5.27. The number of hydrogen-bond acceptors (Lipinski definition) is 3. The van der Waals surface area contributed by atoms with Crippen LogP contribution in [-0.2, 0) is 9.59 Å². The lowest BCUT2D eigenvalue weighted by atomic mass is 9.87. The van der Waals surface area contributed by atoms with Gasteiger partial charge in [0, 0.05) is 5.38 Å². The highest BCUT2D eigenvalue weighted by molar-refractivity contribution is 6.28. The van der Waals surface area contributed by atoms with Gasteiger partial charge in [0.2, 0.25) is 0 Å². The quantitative estimate of drug-likeness (QED) is 0.419. The van der Waals surface area contributed by atoms with E-state index in [1.54, 1.807) is 6.08 Å². The first-order chi connectivity index (χ1) is 8.06. The highest BCUT2D eigenvalue weighted by Gasteiger charge is 2.29. The first-order valence-corrected chi connectivity index (χ1v) is 6.02. The fourth-order valence-electron chi connectivity index (χ4n) is 2.18. The number of hydrogen-bond donors (Lipinski definition) is 2. The smallest absolute Gasteiger partial charge is 0.273 e. The summed E-state index contributed by atoms with van der Waals surface area (Å²) in [6, 6.07) is -0.768. The van der Waals surface area contributed by atoms with Gasteiger partial charge in [-0.1, -0.05) is 12.5 Å². The minimum atomic E-state index is -0.768. The Morgan fingerprint density at radius 2 is 1.76 bits per heavy atom. The van der Waals surface area contributed by atoms with Crippen LogP contribution in [0.2, 0.25) is 0 Å². The highest BCUT2D eigenvalue weighted by Crippen LogP contribution is 2.29. The average molecular weight is 257 g/mol. The van der Waals surface area contributed by atoms with Crippen molar-refractivity contribution in [3.05, 3.63) is 11.6 Å². The van der Waals surface area contributed by atoms with Gasteiger partial charge in [-0.3, -0.25) is 20.2 Å². The maximum absolute atomic E-state index is 11.5. The Morgan fingerprint density at radius 1 is 1.12 bits per heavy atom. The molecule has 1 saturated carbocycles. The Labute approximate surface area is 104 Å². The largest absolute Gasteiger partial charge is 0.328 e. The number of amides is 4. The van der Waals surface area contributed by atoms with Crippen LogP contribution in [0.1, 0.15) is 25.7 Å². The number of allylic oxidation sites excluding steroid dienone is 1. The number of carbonyl (C=O) groups excluding carboxylic acids is 3. The van der Waals surface area contributed by atoms with Gasteiger partial charge in [-0.2, -0.15) is 0 Å². The molecule has 1 heterocycles. The van der Waals surface area contributed by atoms with E-state index in [4.69, 9.17) is 11.6 Å². The van der Waals surface area contributed by atoms with Crippen molar-refractivity contribution >= 4 is 29.4 Å². The van der Waals surface area contributed by atoms with E-state index >= 15 is 0 Å². The standard InChI is InChI=1S/C11H13ClN2O3/c12-7-3-1-2-6(4-7)5-8-9(15)13-11(17)14-10(8)16/h5-7H,1-4H2,(H2,13,14,15,16,17). The number of barbiturate groups is 1. The molecule has 0 radical (unpaired) electrons. The Bertz CT molecular complexity index is 384. The molecule has 0 spiro atoms. The van der Waals surface area contributed by atoms with Crippen molar-refractivity contribution < 1.29 is 14.4 Å². The molecule has 2 fully saturated rings. The molecule has 0 aromatic rings. The van der Waals surface area contributed by atoms with Crippen LogP contribution >= 0.6 is 11.6 Å². The molecular formula is C11H13ClN2O3. The van der Waals surface area contributed by atoms with Crippen LogP contribution in [0.5, 0.6) is 0 Å².